The Bertz CT molecular complexity index is 974. The molecule has 1 aliphatic rings. The molecule has 170 valence electrons. The molecule has 0 saturated heterocycles. The van der Waals surface area contributed by atoms with E-state index < -0.39 is 11.7 Å². The Labute approximate surface area is 186 Å². The van der Waals surface area contributed by atoms with Crippen LogP contribution in [0.15, 0.2) is 59.9 Å². The van der Waals surface area contributed by atoms with Crippen LogP contribution in [0.3, 0.4) is 0 Å². The maximum atomic E-state index is 12.6. The summed E-state index contributed by atoms with van der Waals surface area (Å²) in [6, 6.07) is 12.3. The van der Waals surface area contributed by atoms with Crippen molar-refractivity contribution < 1.29 is 27.8 Å². The first kappa shape index (κ1) is 23.6. The summed E-state index contributed by atoms with van der Waals surface area (Å²) in [5.41, 5.74) is 1.45. The number of allylic oxidation sites excluding steroid dienone is 2. The van der Waals surface area contributed by atoms with Crippen LogP contribution < -0.4 is 9.47 Å². The zero-order valence-corrected chi connectivity index (χ0v) is 18.2. The molecule has 1 N–H and O–H groups in total. The Morgan fingerprint density at radius 2 is 1.50 bits per heavy atom. The van der Waals surface area contributed by atoms with Gasteiger partial charge in [-0.05, 0) is 67.3 Å². The molecule has 0 bridgehead atoms. The zero-order chi connectivity index (χ0) is 23.1. The van der Waals surface area contributed by atoms with Gasteiger partial charge in [0, 0.05) is 12.3 Å². The van der Waals surface area contributed by atoms with E-state index in [-0.39, 0.29) is 11.8 Å². The van der Waals surface area contributed by atoms with E-state index in [4.69, 9.17) is 9.47 Å². The van der Waals surface area contributed by atoms with Crippen LogP contribution in [0.1, 0.15) is 50.2 Å². The average molecular weight is 444 g/mol. The number of rotatable bonds is 9. The number of aliphatic hydroxyl groups excluding tert-OH is 1. The van der Waals surface area contributed by atoms with Crippen LogP contribution in [-0.2, 0) is 6.18 Å². The lowest BCUT2D eigenvalue weighted by Crippen LogP contribution is -2.16. The van der Waals surface area contributed by atoms with Crippen LogP contribution >= 0.6 is 0 Å². The first-order valence-electron chi connectivity index (χ1n) is 10.6. The fourth-order valence-corrected chi connectivity index (χ4v) is 3.18. The molecule has 0 aliphatic heterocycles. The fraction of sp³-hybridized carbons (Fsp3) is 0.385. The second kappa shape index (κ2) is 10.5. The van der Waals surface area contributed by atoms with Crippen molar-refractivity contribution in [1.29, 1.82) is 0 Å². The van der Waals surface area contributed by atoms with E-state index in [1.807, 2.05) is 31.2 Å². The molecule has 0 heterocycles. The fourth-order valence-electron chi connectivity index (χ4n) is 3.18. The Hall–Kier alpha value is -3.07. The zero-order valence-electron chi connectivity index (χ0n) is 18.2. The smallest absolute Gasteiger partial charge is 0.416 e. The van der Waals surface area contributed by atoms with Crippen molar-refractivity contribution >= 4 is 0 Å². The third-order valence-corrected chi connectivity index (χ3v) is 5.16. The van der Waals surface area contributed by atoms with Crippen LogP contribution in [0.4, 0.5) is 13.2 Å². The van der Waals surface area contributed by atoms with Gasteiger partial charge in [0.05, 0.1) is 30.5 Å². The normalized spacial score (nSPS) is 14.7. The van der Waals surface area contributed by atoms with Gasteiger partial charge < -0.3 is 14.6 Å². The molecule has 3 rings (SSSR count). The van der Waals surface area contributed by atoms with Crippen LogP contribution in [0.2, 0.25) is 0 Å². The standard InChI is InChI=1S/C26H27F3O3/c1-3-4-21(15-25(30)20-5-6-20)19-7-11-23(12-8-19)31-16-18(2)17-32-24-13-9-22(10-14-24)26(27,28)29/h7-14,18,21,30H,5-6,15-17H2,1-2H3. The summed E-state index contributed by atoms with van der Waals surface area (Å²) in [5, 5.41) is 10.2. The van der Waals surface area contributed by atoms with Crippen molar-refractivity contribution in [2.45, 2.75) is 45.2 Å². The van der Waals surface area contributed by atoms with Crippen molar-refractivity contribution in [3.63, 3.8) is 0 Å². The van der Waals surface area contributed by atoms with Crippen molar-refractivity contribution in [3.8, 4) is 23.3 Å². The summed E-state index contributed by atoms with van der Waals surface area (Å²) in [7, 11) is 0. The van der Waals surface area contributed by atoms with Crippen LogP contribution in [0.25, 0.3) is 0 Å². The highest BCUT2D eigenvalue weighted by atomic mass is 19.4. The van der Waals surface area contributed by atoms with Crippen molar-refractivity contribution in [2.75, 3.05) is 13.2 Å². The highest BCUT2D eigenvalue weighted by Gasteiger charge is 2.30. The first-order valence-corrected chi connectivity index (χ1v) is 10.6. The predicted molar refractivity (Wildman–Crippen MR) is 118 cm³/mol. The maximum absolute atomic E-state index is 12.6. The lowest BCUT2D eigenvalue weighted by atomic mass is 9.95. The van der Waals surface area contributed by atoms with Gasteiger partial charge in [0.25, 0.3) is 0 Å². The molecule has 0 amide bonds. The molecular formula is C26H27F3O3. The van der Waals surface area contributed by atoms with Gasteiger partial charge >= 0.3 is 6.18 Å². The molecule has 0 spiro atoms. The number of benzene rings is 2. The van der Waals surface area contributed by atoms with Gasteiger partial charge in [-0.2, -0.15) is 13.2 Å². The number of hydrogen-bond acceptors (Lipinski definition) is 3. The van der Waals surface area contributed by atoms with Gasteiger partial charge in [0.2, 0.25) is 0 Å². The van der Waals surface area contributed by atoms with Crippen LogP contribution in [0.5, 0.6) is 11.5 Å². The summed E-state index contributed by atoms with van der Waals surface area (Å²) in [6.07, 6.45) is -1.88. The molecule has 2 atom stereocenters. The van der Waals surface area contributed by atoms with E-state index >= 15 is 0 Å². The number of aliphatic hydroxyl groups is 1. The number of ether oxygens (including phenoxy) is 2. The van der Waals surface area contributed by atoms with E-state index in [1.165, 1.54) is 12.1 Å². The third-order valence-electron chi connectivity index (χ3n) is 5.16. The lowest BCUT2D eigenvalue weighted by Gasteiger charge is -2.16. The molecule has 2 unspecified atom stereocenters. The molecule has 0 radical (unpaired) electrons. The molecule has 1 fully saturated rings. The average Bonchev–Trinajstić information content (AvgIpc) is 3.61. The Kier molecular flexibility index (Phi) is 7.74. The van der Waals surface area contributed by atoms with Crippen molar-refractivity contribution in [1.82, 2.24) is 0 Å². The monoisotopic (exact) mass is 444 g/mol. The summed E-state index contributed by atoms with van der Waals surface area (Å²) >= 11 is 0. The van der Waals surface area contributed by atoms with Gasteiger partial charge in [-0.25, -0.2) is 0 Å². The predicted octanol–water partition coefficient (Wildman–Crippen LogP) is 6.90. The van der Waals surface area contributed by atoms with E-state index in [0.29, 0.717) is 36.9 Å². The number of halogens is 3. The second-order valence-electron chi connectivity index (χ2n) is 8.02. The van der Waals surface area contributed by atoms with E-state index in [0.717, 1.165) is 36.1 Å². The highest BCUT2D eigenvalue weighted by molar-refractivity contribution is 5.35. The molecule has 32 heavy (non-hydrogen) atoms. The molecule has 0 aromatic heterocycles. The van der Waals surface area contributed by atoms with Gasteiger partial charge in [0.15, 0.2) is 0 Å². The van der Waals surface area contributed by atoms with Gasteiger partial charge in [0.1, 0.15) is 11.5 Å². The number of alkyl halides is 3. The third kappa shape index (κ3) is 6.98. The Morgan fingerprint density at radius 3 is 1.97 bits per heavy atom. The second-order valence-corrected chi connectivity index (χ2v) is 8.02. The van der Waals surface area contributed by atoms with Gasteiger partial charge in [-0.3, -0.25) is 0 Å². The Balaban J connectivity index is 1.47. The molecular weight excluding hydrogens is 417 g/mol. The highest BCUT2D eigenvalue weighted by Crippen LogP contribution is 2.35. The van der Waals surface area contributed by atoms with Gasteiger partial charge in [-0.1, -0.05) is 25.0 Å². The maximum Gasteiger partial charge on any atom is 0.416 e. The summed E-state index contributed by atoms with van der Waals surface area (Å²) in [6.45, 7) is 4.47. The largest absolute Gasteiger partial charge is 0.512 e. The minimum Gasteiger partial charge on any atom is -0.512 e. The lowest BCUT2D eigenvalue weighted by molar-refractivity contribution is -0.137. The van der Waals surface area contributed by atoms with E-state index in [1.54, 1.807) is 6.92 Å². The molecule has 6 heteroatoms. The van der Waals surface area contributed by atoms with Crippen LogP contribution in [0, 0.1) is 17.8 Å². The van der Waals surface area contributed by atoms with Crippen LogP contribution in [-0.4, -0.2) is 18.3 Å². The summed E-state index contributed by atoms with van der Waals surface area (Å²) < 4.78 is 49.2. The number of hydrogen-bond donors (Lipinski definition) is 1. The van der Waals surface area contributed by atoms with E-state index in [9.17, 15) is 18.3 Å². The van der Waals surface area contributed by atoms with E-state index in [2.05, 4.69) is 11.8 Å². The molecule has 1 saturated carbocycles. The minimum atomic E-state index is -4.35. The first-order chi connectivity index (χ1) is 15.3. The topological polar surface area (TPSA) is 38.7 Å². The molecule has 3 nitrogen and oxygen atoms in total. The van der Waals surface area contributed by atoms with Crippen molar-refractivity contribution in [3.05, 3.63) is 71.0 Å². The van der Waals surface area contributed by atoms with Crippen molar-refractivity contribution in [2.24, 2.45) is 5.92 Å². The van der Waals surface area contributed by atoms with Gasteiger partial charge in [-0.15, -0.1) is 5.92 Å². The quantitative estimate of drug-likeness (QED) is 0.338. The molecule has 2 aromatic rings. The summed E-state index contributed by atoms with van der Waals surface area (Å²) in [4.78, 5) is 0. The minimum absolute atomic E-state index is 0.0396. The SMILES string of the molecule is CC#CC(CC(O)=C1CC1)c1ccc(OCC(C)COc2ccc(C(F)(F)F)cc2)cc1. The Morgan fingerprint density at radius 1 is 0.969 bits per heavy atom. The molecule has 2 aromatic carbocycles. The summed E-state index contributed by atoms with van der Waals surface area (Å²) in [5.74, 6) is 7.64. The molecule has 1 aliphatic carbocycles.